The quantitative estimate of drug-likeness (QED) is 0.815. The molecule has 0 spiro atoms. The Morgan fingerprint density at radius 3 is 2.50 bits per heavy atom. The number of halogens is 3. The number of nitrogens with zero attached hydrogens (tertiary/aromatic N) is 3. The van der Waals surface area contributed by atoms with Crippen molar-refractivity contribution in [2.75, 3.05) is 11.5 Å². The van der Waals surface area contributed by atoms with Crippen LogP contribution in [0.1, 0.15) is 29.9 Å². The highest BCUT2D eigenvalue weighted by Gasteiger charge is 2.40. The topological polar surface area (TPSA) is 82.2 Å². The fourth-order valence-electron chi connectivity index (χ4n) is 2.10. The first-order chi connectivity index (χ1) is 8.38. The highest BCUT2D eigenvalue weighted by Crippen LogP contribution is 2.47. The molecular formula is C10H10F3N5. The Hall–Kier alpha value is -1.99. The minimum atomic E-state index is -4.45. The number of nitrogens with two attached hydrogens (primary N) is 2. The van der Waals surface area contributed by atoms with Gasteiger partial charge >= 0.3 is 6.18 Å². The molecule has 4 N–H and O–H groups in total. The van der Waals surface area contributed by atoms with Crippen molar-refractivity contribution in [2.24, 2.45) is 0 Å². The van der Waals surface area contributed by atoms with Crippen LogP contribution in [0, 0.1) is 0 Å². The summed E-state index contributed by atoms with van der Waals surface area (Å²) in [7, 11) is 0. The minimum Gasteiger partial charge on any atom is -0.384 e. The molecule has 0 bridgehead atoms. The van der Waals surface area contributed by atoms with Crippen molar-refractivity contribution in [3.8, 4) is 0 Å². The van der Waals surface area contributed by atoms with Crippen molar-refractivity contribution < 1.29 is 13.2 Å². The van der Waals surface area contributed by atoms with Crippen LogP contribution in [0.3, 0.4) is 0 Å². The Morgan fingerprint density at radius 2 is 1.94 bits per heavy atom. The fraction of sp³-hybridized carbons (Fsp3) is 0.400. The Bertz CT molecular complexity index is 626. The van der Waals surface area contributed by atoms with Crippen LogP contribution < -0.4 is 11.5 Å². The number of alkyl halides is 3. The van der Waals surface area contributed by atoms with E-state index in [0.29, 0.717) is 0 Å². The van der Waals surface area contributed by atoms with Crippen molar-refractivity contribution in [1.82, 2.24) is 14.6 Å². The SMILES string of the molecule is Nc1nc2c(C3CC3)c(C(F)(F)F)cc(N)n2n1. The fourth-order valence-corrected chi connectivity index (χ4v) is 2.10. The molecule has 96 valence electrons. The molecule has 2 aromatic rings. The van der Waals surface area contributed by atoms with Crippen LogP contribution in [0.25, 0.3) is 5.65 Å². The molecule has 1 saturated carbocycles. The van der Waals surface area contributed by atoms with Crippen molar-refractivity contribution in [2.45, 2.75) is 24.9 Å². The number of anilines is 2. The van der Waals surface area contributed by atoms with E-state index in [0.717, 1.165) is 23.4 Å². The van der Waals surface area contributed by atoms with Gasteiger partial charge in [0.05, 0.1) is 5.56 Å². The summed E-state index contributed by atoms with van der Waals surface area (Å²) >= 11 is 0. The lowest BCUT2D eigenvalue weighted by atomic mass is 10.0. The molecule has 1 aliphatic rings. The average molecular weight is 257 g/mol. The van der Waals surface area contributed by atoms with E-state index in [2.05, 4.69) is 10.1 Å². The van der Waals surface area contributed by atoms with Gasteiger partial charge in [0, 0.05) is 5.56 Å². The molecule has 3 rings (SSSR count). The Labute approximate surface area is 99.6 Å². The van der Waals surface area contributed by atoms with Crippen LogP contribution in [0.4, 0.5) is 24.9 Å². The lowest BCUT2D eigenvalue weighted by Gasteiger charge is -2.14. The van der Waals surface area contributed by atoms with Crippen LogP contribution in [0.15, 0.2) is 6.07 Å². The molecule has 0 saturated heterocycles. The standard InChI is InChI=1S/C10H10F3N5/c11-10(12,13)5-3-6(14)18-8(16-9(15)17-18)7(5)4-1-2-4/h3-4H,1-2,14H2,(H2,15,17). The minimum absolute atomic E-state index is 0.0806. The molecule has 0 unspecified atom stereocenters. The van der Waals surface area contributed by atoms with Gasteiger partial charge in [-0.2, -0.15) is 22.7 Å². The van der Waals surface area contributed by atoms with Crippen LogP contribution in [-0.4, -0.2) is 14.6 Å². The van der Waals surface area contributed by atoms with Gasteiger partial charge in [0.25, 0.3) is 0 Å². The molecule has 0 aliphatic heterocycles. The summed E-state index contributed by atoms with van der Waals surface area (Å²) in [5.74, 6) is -0.331. The van der Waals surface area contributed by atoms with Crippen LogP contribution in [0.5, 0.6) is 0 Å². The summed E-state index contributed by atoms with van der Waals surface area (Å²) in [5.41, 5.74) is 10.5. The highest BCUT2D eigenvalue weighted by molar-refractivity contribution is 5.62. The number of nitrogen functional groups attached to an aromatic ring is 2. The second kappa shape index (κ2) is 3.27. The van der Waals surface area contributed by atoms with Gasteiger partial charge in [-0.05, 0) is 24.8 Å². The molecule has 18 heavy (non-hydrogen) atoms. The molecule has 2 heterocycles. The van der Waals surface area contributed by atoms with Crippen LogP contribution in [-0.2, 0) is 6.18 Å². The van der Waals surface area contributed by atoms with Gasteiger partial charge in [0.15, 0.2) is 5.65 Å². The summed E-state index contributed by atoms with van der Waals surface area (Å²) < 4.78 is 40.2. The zero-order valence-electron chi connectivity index (χ0n) is 9.20. The Morgan fingerprint density at radius 1 is 1.28 bits per heavy atom. The molecule has 8 heteroatoms. The van der Waals surface area contributed by atoms with E-state index in [4.69, 9.17) is 11.5 Å². The van der Waals surface area contributed by atoms with Crippen molar-refractivity contribution in [3.63, 3.8) is 0 Å². The lowest BCUT2D eigenvalue weighted by Crippen LogP contribution is -2.13. The number of aromatic nitrogens is 3. The summed E-state index contributed by atoms with van der Waals surface area (Å²) in [6.45, 7) is 0. The molecule has 1 fully saturated rings. The largest absolute Gasteiger partial charge is 0.416 e. The molecule has 0 atom stereocenters. The van der Waals surface area contributed by atoms with Gasteiger partial charge < -0.3 is 11.5 Å². The first-order valence-electron chi connectivity index (χ1n) is 5.39. The first-order valence-corrected chi connectivity index (χ1v) is 5.39. The third kappa shape index (κ3) is 1.56. The molecule has 1 aliphatic carbocycles. The zero-order valence-corrected chi connectivity index (χ0v) is 9.20. The third-order valence-electron chi connectivity index (χ3n) is 2.98. The third-order valence-corrected chi connectivity index (χ3v) is 2.98. The summed E-state index contributed by atoms with van der Waals surface area (Å²) in [6.07, 6.45) is -3.01. The van der Waals surface area contributed by atoms with E-state index in [9.17, 15) is 13.2 Å². The van der Waals surface area contributed by atoms with Crippen molar-refractivity contribution in [1.29, 1.82) is 0 Å². The molecule has 2 aromatic heterocycles. The van der Waals surface area contributed by atoms with Crippen LogP contribution in [0.2, 0.25) is 0 Å². The monoisotopic (exact) mass is 257 g/mol. The van der Waals surface area contributed by atoms with Gasteiger partial charge in [0.1, 0.15) is 5.82 Å². The number of pyridine rings is 1. The maximum Gasteiger partial charge on any atom is 0.416 e. The van der Waals surface area contributed by atoms with E-state index >= 15 is 0 Å². The Balaban J connectivity index is 2.38. The lowest BCUT2D eigenvalue weighted by molar-refractivity contribution is -0.138. The normalized spacial score (nSPS) is 16.4. The maximum atomic E-state index is 13.0. The second-order valence-electron chi connectivity index (χ2n) is 4.37. The number of hydrogen-bond acceptors (Lipinski definition) is 4. The van der Waals surface area contributed by atoms with Gasteiger partial charge in [-0.1, -0.05) is 0 Å². The van der Waals surface area contributed by atoms with Crippen LogP contribution >= 0.6 is 0 Å². The summed E-state index contributed by atoms with van der Waals surface area (Å²) in [4.78, 5) is 3.86. The molecule has 5 nitrogen and oxygen atoms in total. The average Bonchev–Trinajstić information content (AvgIpc) is 2.99. The second-order valence-corrected chi connectivity index (χ2v) is 4.37. The van der Waals surface area contributed by atoms with Gasteiger partial charge in [0.2, 0.25) is 5.95 Å². The van der Waals surface area contributed by atoms with Gasteiger partial charge in [-0.25, -0.2) is 0 Å². The van der Waals surface area contributed by atoms with Crippen molar-refractivity contribution >= 4 is 17.4 Å². The van der Waals surface area contributed by atoms with E-state index in [-0.39, 0.29) is 28.9 Å². The Kier molecular flexibility index (Phi) is 2.02. The number of fused-ring (bicyclic) bond motifs is 1. The van der Waals surface area contributed by atoms with Gasteiger partial charge in [-0.15, -0.1) is 5.10 Å². The van der Waals surface area contributed by atoms with E-state index < -0.39 is 11.7 Å². The van der Waals surface area contributed by atoms with Gasteiger partial charge in [-0.3, -0.25) is 0 Å². The van der Waals surface area contributed by atoms with E-state index in [1.54, 1.807) is 0 Å². The zero-order chi connectivity index (χ0) is 13.1. The molecule has 0 amide bonds. The predicted molar refractivity (Wildman–Crippen MR) is 58.8 cm³/mol. The maximum absolute atomic E-state index is 13.0. The summed E-state index contributed by atoms with van der Waals surface area (Å²) in [5, 5.41) is 3.80. The molecule has 0 radical (unpaired) electrons. The highest BCUT2D eigenvalue weighted by atomic mass is 19.4. The molecular weight excluding hydrogens is 247 g/mol. The smallest absolute Gasteiger partial charge is 0.384 e. The number of rotatable bonds is 1. The predicted octanol–water partition coefficient (Wildman–Crippen LogP) is 1.79. The number of hydrogen-bond donors (Lipinski definition) is 2. The van der Waals surface area contributed by atoms with E-state index in [1.807, 2.05) is 0 Å². The summed E-state index contributed by atoms with van der Waals surface area (Å²) in [6, 6.07) is 0.898. The first kappa shape index (κ1) is 11.1. The van der Waals surface area contributed by atoms with Crippen molar-refractivity contribution in [3.05, 3.63) is 17.2 Å². The van der Waals surface area contributed by atoms with E-state index in [1.165, 1.54) is 0 Å². The molecule has 0 aromatic carbocycles.